The topological polar surface area (TPSA) is 87.6 Å². The van der Waals surface area contributed by atoms with Crippen LogP contribution in [0.4, 0.5) is 0 Å². The minimum absolute atomic E-state index is 0.0214. The second-order valence-electron chi connectivity index (χ2n) is 5.49. The van der Waals surface area contributed by atoms with Gasteiger partial charge in [-0.2, -0.15) is 4.31 Å². The molecule has 1 aliphatic rings. The number of hydrogen-bond acceptors (Lipinski definition) is 4. The Bertz CT molecular complexity index is 621. The molecule has 1 fully saturated rings. The third-order valence-electron chi connectivity index (χ3n) is 4.49. The Morgan fingerprint density at radius 2 is 2.05 bits per heavy atom. The maximum absolute atomic E-state index is 12.6. The van der Waals surface area contributed by atoms with Crippen molar-refractivity contribution in [3.8, 4) is 0 Å². The van der Waals surface area contributed by atoms with Gasteiger partial charge < -0.3 is 5.11 Å². The molecule has 0 saturated carbocycles. The summed E-state index contributed by atoms with van der Waals surface area (Å²) < 4.78 is 26.6. The van der Waals surface area contributed by atoms with Crippen molar-refractivity contribution in [3.05, 3.63) is 23.9 Å². The monoisotopic (exact) mass is 312 g/mol. The summed E-state index contributed by atoms with van der Waals surface area (Å²) in [6.07, 6.45) is 3.83. The van der Waals surface area contributed by atoms with Gasteiger partial charge in [-0.25, -0.2) is 18.2 Å². The Morgan fingerprint density at radius 1 is 1.38 bits per heavy atom. The predicted octanol–water partition coefficient (Wildman–Crippen LogP) is 1.98. The first-order chi connectivity index (χ1) is 9.84. The Kier molecular flexibility index (Phi) is 4.34. The molecule has 0 radical (unpaired) electrons. The molecule has 7 heteroatoms. The van der Waals surface area contributed by atoms with E-state index in [1.807, 2.05) is 0 Å². The first kappa shape index (κ1) is 15.9. The summed E-state index contributed by atoms with van der Waals surface area (Å²) >= 11 is 0. The number of carbonyl (C=O) groups is 1. The second-order valence-corrected chi connectivity index (χ2v) is 7.37. The fourth-order valence-corrected chi connectivity index (χ4v) is 4.18. The van der Waals surface area contributed by atoms with Crippen molar-refractivity contribution in [3.63, 3.8) is 0 Å². The molecule has 0 aliphatic carbocycles. The number of carboxylic acid groups (broad SMARTS) is 1. The van der Waals surface area contributed by atoms with Gasteiger partial charge in [0.1, 0.15) is 0 Å². The molecule has 6 nitrogen and oxygen atoms in total. The van der Waals surface area contributed by atoms with E-state index in [0.29, 0.717) is 13.1 Å². The first-order valence-corrected chi connectivity index (χ1v) is 8.48. The highest BCUT2D eigenvalue weighted by molar-refractivity contribution is 7.89. The first-order valence-electron chi connectivity index (χ1n) is 7.04. The molecule has 1 N–H and O–H groups in total. The third kappa shape index (κ3) is 2.94. The Labute approximate surface area is 124 Å². The largest absolute Gasteiger partial charge is 0.478 e. The minimum Gasteiger partial charge on any atom is -0.478 e. The van der Waals surface area contributed by atoms with Gasteiger partial charge in [0.15, 0.2) is 5.03 Å². The van der Waals surface area contributed by atoms with Gasteiger partial charge in [0.25, 0.3) is 10.0 Å². The van der Waals surface area contributed by atoms with Crippen LogP contribution in [0.5, 0.6) is 0 Å². The van der Waals surface area contributed by atoms with E-state index >= 15 is 0 Å². The molecular weight excluding hydrogens is 292 g/mol. The van der Waals surface area contributed by atoms with E-state index < -0.39 is 16.0 Å². The van der Waals surface area contributed by atoms with E-state index in [1.165, 1.54) is 16.4 Å². The van der Waals surface area contributed by atoms with Gasteiger partial charge in [-0.05, 0) is 36.8 Å². The summed E-state index contributed by atoms with van der Waals surface area (Å²) in [5.74, 6) is -1.12. The van der Waals surface area contributed by atoms with Crippen molar-refractivity contribution in [2.24, 2.45) is 5.41 Å². The van der Waals surface area contributed by atoms with Crippen LogP contribution in [0.25, 0.3) is 0 Å². The van der Waals surface area contributed by atoms with E-state index in [-0.39, 0.29) is 16.0 Å². The van der Waals surface area contributed by atoms with Crippen LogP contribution in [0.2, 0.25) is 0 Å². The lowest BCUT2D eigenvalue weighted by molar-refractivity contribution is 0.0696. The number of aromatic nitrogens is 1. The van der Waals surface area contributed by atoms with Gasteiger partial charge in [0.05, 0.1) is 5.56 Å². The van der Waals surface area contributed by atoms with E-state index in [4.69, 9.17) is 5.11 Å². The molecule has 1 aliphatic heterocycles. The van der Waals surface area contributed by atoms with Crippen molar-refractivity contribution >= 4 is 16.0 Å². The smallest absolute Gasteiger partial charge is 0.337 e. The molecule has 2 rings (SSSR count). The highest BCUT2D eigenvalue weighted by atomic mass is 32.2. The van der Waals surface area contributed by atoms with E-state index in [2.05, 4.69) is 18.8 Å². The van der Waals surface area contributed by atoms with Crippen LogP contribution in [-0.4, -0.2) is 41.9 Å². The van der Waals surface area contributed by atoms with Crippen LogP contribution in [0.15, 0.2) is 23.4 Å². The predicted molar refractivity (Wildman–Crippen MR) is 77.6 cm³/mol. The van der Waals surface area contributed by atoms with Gasteiger partial charge in [-0.3, -0.25) is 0 Å². The average Bonchev–Trinajstić information content (AvgIpc) is 2.93. The number of rotatable bonds is 5. The van der Waals surface area contributed by atoms with Gasteiger partial charge in [0.2, 0.25) is 0 Å². The zero-order valence-corrected chi connectivity index (χ0v) is 13.1. The van der Waals surface area contributed by atoms with Crippen molar-refractivity contribution in [2.75, 3.05) is 13.1 Å². The van der Waals surface area contributed by atoms with Crippen molar-refractivity contribution in [1.29, 1.82) is 0 Å². The molecule has 0 amide bonds. The fourth-order valence-electron chi connectivity index (χ4n) is 2.72. The lowest BCUT2D eigenvalue weighted by atomic mass is 9.82. The molecule has 21 heavy (non-hydrogen) atoms. The molecule has 2 heterocycles. The molecule has 0 atom stereocenters. The normalized spacial score (nSPS) is 18.8. The number of hydrogen-bond donors (Lipinski definition) is 1. The van der Waals surface area contributed by atoms with Crippen molar-refractivity contribution in [1.82, 2.24) is 9.29 Å². The van der Waals surface area contributed by atoms with Crippen LogP contribution in [0.3, 0.4) is 0 Å². The van der Waals surface area contributed by atoms with E-state index in [9.17, 15) is 13.2 Å². The zero-order valence-electron chi connectivity index (χ0n) is 12.2. The molecule has 0 spiro atoms. The average molecular weight is 312 g/mol. The summed E-state index contributed by atoms with van der Waals surface area (Å²) in [5, 5.41) is 8.74. The fraction of sp³-hybridized carbons (Fsp3) is 0.571. The maximum Gasteiger partial charge on any atom is 0.337 e. The van der Waals surface area contributed by atoms with Gasteiger partial charge in [0, 0.05) is 19.3 Å². The van der Waals surface area contributed by atoms with E-state index in [1.54, 1.807) is 0 Å². The molecule has 0 bridgehead atoms. The quantitative estimate of drug-likeness (QED) is 0.898. The third-order valence-corrected chi connectivity index (χ3v) is 6.25. The SMILES string of the molecule is CCC1(CC)CCN(S(=O)(=O)c2ccc(C(=O)O)cn2)C1. The number of pyridine rings is 1. The molecule has 116 valence electrons. The van der Waals surface area contributed by atoms with E-state index in [0.717, 1.165) is 25.5 Å². The number of aromatic carboxylic acids is 1. The van der Waals surface area contributed by atoms with Gasteiger partial charge >= 0.3 is 5.97 Å². The van der Waals surface area contributed by atoms with Crippen molar-refractivity contribution < 1.29 is 18.3 Å². The van der Waals surface area contributed by atoms with Crippen LogP contribution in [0.1, 0.15) is 43.5 Å². The summed E-state index contributed by atoms with van der Waals surface area (Å²) in [7, 11) is -3.64. The van der Waals surface area contributed by atoms with Crippen LogP contribution in [0, 0.1) is 5.41 Å². The minimum atomic E-state index is -3.64. The number of sulfonamides is 1. The molecule has 1 aromatic heterocycles. The van der Waals surface area contributed by atoms with Crippen LogP contribution < -0.4 is 0 Å². The zero-order chi connectivity index (χ0) is 15.7. The van der Waals surface area contributed by atoms with Gasteiger partial charge in [-0.1, -0.05) is 13.8 Å². The highest BCUT2D eigenvalue weighted by Gasteiger charge is 2.41. The Balaban J connectivity index is 2.25. The second kappa shape index (κ2) is 5.73. The van der Waals surface area contributed by atoms with Crippen LogP contribution >= 0.6 is 0 Å². The Morgan fingerprint density at radius 3 is 2.48 bits per heavy atom. The summed E-state index contributed by atoms with van der Waals surface area (Å²) in [6, 6.07) is 2.53. The molecule has 0 aromatic carbocycles. The lowest BCUT2D eigenvalue weighted by Crippen LogP contribution is -2.32. The summed E-state index contributed by atoms with van der Waals surface area (Å²) in [6.45, 7) is 5.16. The Hall–Kier alpha value is -1.47. The summed E-state index contributed by atoms with van der Waals surface area (Å²) in [4.78, 5) is 14.6. The lowest BCUT2D eigenvalue weighted by Gasteiger charge is -2.26. The van der Waals surface area contributed by atoms with Crippen LogP contribution in [-0.2, 0) is 10.0 Å². The number of nitrogens with zero attached hydrogens (tertiary/aromatic N) is 2. The molecule has 0 unspecified atom stereocenters. The molecular formula is C14H20N2O4S. The highest BCUT2D eigenvalue weighted by Crippen LogP contribution is 2.38. The standard InChI is InChI=1S/C14H20N2O4S/c1-3-14(4-2)7-8-16(10-14)21(19,20)12-6-5-11(9-15-12)13(17)18/h5-6,9H,3-4,7-8,10H2,1-2H3,(H,17,18). The van der Waals surface area contributed by atoms with Gasteiger partial charge in [-0.15, -0.1) is 0 Å². The maximum atomic E-state index is 12.6. The molecule has 1 saturated heterocycles. The van der Waals surface area contributed by atoms with Crippen molar-refractivity contribution in [2.45, 2.75) is 38.1 Å². The number of carboxylic acids is 1. The molecule has 1 aromatic rings. The summed E-state index contributed by atoms with van der Waals surface area (Å²) in [5.41, 5.74) is 0.0282.